The van der Waals surface area contributed by atoms with Gasteiger partial charge in [-0.1, -0.05) is 51.6 Å². The number of ether oxygens (including phenoxy) is 1. The van der Waals surface area contributed by atoms with Gasteiger partial charge < -0.3 is 15.7 Å². The fourth-order valence-electron chi connectivity index (χ4n) is 1.69. The van der Waals surface area contributed by atoms with Crippen LogP contribution in [0.3, 0.4) is 0 Å². The molecule has 0 aliphatic heterocycles. The maximum atomic E-state index is 8.85. The molecule has 0 radical (unpaired) electrons. The summed E-state index contributed by atoms with van der Waals surface area (Å²) in [6.07, 6.45) is 0. The number of halogens is 3. The molecule has 0 bridgehead atoms. The molecule has 2 aromatic carbocycles. The fourth-order valence-corrected chi connectivity index (χ4v) is 2.26. The van der Waals surface area contributed by atoms with Gasteiger partial charge in [0.05, 0.1) is 20.6 Å². The lowest BCUT2D eigenvalue weighted by atomic mass is 10.1. The molecule has 2 rings (SSSR count). The van der Waals surface area contributed by atoms with E-state index in [2.05, 4.69) is 5.16 Å². The third-order valence-corrected chi connectivity index (χ3v) is 3.73. The molecular formula is C14H11Cl3N2O2. The van der Waals surface area contributed by atoms with Crippen LogP contribution in [-0.4, -0.2) is 11.0 Å². The molecule has 0 amide bonds. The Balaban J connectivity index is 2.47. The summed E-state index contributed by atoms with van der Waals surface area (Å²) in [4.78, 5) is 0. The van der Waals surface area contributed by atoms with E-state index in [9.17, 15) is 0 Å². The number of benzene rings is 2. The molecule has 0 fully saturated rings. The Morgan fingerprint density at radius 1 is 1.05 bits per heavy atom. The molecule has 7 heteroatoms. The Labute approximate surface area is 136 Å². The van der Waals surface area contributed by atoms with Gasteiger partial charge in [-0.2, -0.15) is 0 Å². The molecule has 0 aliphatic rings. The molecule has 0 aliphatic carbocycles. The smallest absolute Gasteiger partial charge is 0.173 e. The van der Waals surface area contributed by atoms with E-state index in [0.29, 0.717) is 32.1 Å². The number of amidine groups is 1. The number of hydrogen-bond acceptors (Lipinski definition) is 3. The first-order valence-electron chi connectivity index (χ1n) is 5.83. The van der Waals surface area contributed by atoms with E-state index in [4.69, 9.17) is 50.5 Å². The highest BCUT2D eigenvalue weighted by Gasteiger charge is 2.13. The maximum absolute atomic E-state index is 8.85. The van der Waals surface area contributed by atoms with Crippen LogP contribution in [0.5, 0.6) is 11.5 Å². The van der Waals surface area contributed by atoms with E-state index in [-0.39, 0.29) is 5.84 Å². The average molecular weight is 346 g/mol. The topological polar surface area (TPSA) is 67.8 Å². The van der Waals surface area contributed by atoms with Crippen LogP contribution in [0.25, 0.3) is 0 Å². The van der Waals surface area contributed by atoms with E-state index < -0.39 is 0 Å². The van der Waals surface area contributed by atoms with Gasteiger partial charge in [0.1, 0.15) is 11.5 Å². The van der Waals surface area contributed by atoms with Crippen LogP contribution in [0.2, 0.25) is 15.1 Å². The Hall–Kier alpha value is -1.62. The molecule has 0 saturated heterocycles. The molecule has 0 atom stereocenters. The lowest BCUT2D eigenvalue weighted by Crippen LogP contribution is -2.14. The van der Waals surface area contributed by atoms with Crippen LogP contribution in [0, 0.1) is 6.92 Å². The van der Waals surface area contributed by atoms with Gasteiger partial charge in [0.2, 0.25) is 0 Å². The van der Waals surface area contributed by atoms with Crippen LogP contribution in [0.15, 0.2) is 35.5 Å². The Morgan fingerprint density at radius 3 is 2.38 bits per heavy atom. The molecule has 0 saturated carbocycles. The summed E-state index contributed by atoms with van der Waals surface area (Å²) in [6, 6.07) is 8.24. The molecule has 21 heavy (non-hydrogen) atoms. The van der Waals surface area contributed by atoms with Gasteiger partial charge in [-0.05, 0) is 25.1 Å². The van der Waals surface area contributed by atoms with Crippen LogP contribution >= 0.6 is 34.8 Å². The lowest BCUT2D eigenvalue weighted by Gasteiger charge is -2.13. The molecular weight excluding hydrogens is 335 g/mol. The van der Waals surface area contributed by atoms with Crippen molar-refractivity contribution < 1.29 is 9.94 Å². The summed E-state index contributed by atoms with van der Waals surface area (Å²) in [7, 11) is 0. The number of aryl methyl sites for hydroxylation is 1. The summed E-state index contributed by atoms with van der Waals surface area (Å²) in [6.45, 7) is 1.88. The van der Waals surface area contributed by atoms with E-state index in [1.807, 2.05) is 13.0 Å². The third kappa shape index (κ3) is 3.53. The van der Waals surface area contributed by atoms with Crippen LogP contribution < -0.4 is 10.5 Å². The molecule has 4 nitrogen and oxygen atoms in total. The Bertz CT molecular complexity index is 718. The maximum Gasteiger partial charge on any atom is 0.173 e. The monoisotopic (exact) mass is 344 g/mol. The van der Waals surface area contributed by atoms with Gasteiger partial charge in [-0.3, -0.25) is 0 Å². The van der Waals surface area contributed by atoms with Gasteiger partial charge in [-0.25, -0.2) is 0 Å². The normalized spacial score (nSPS) is 11.5. The second-order valence-electron chi connectivity index (χ2n) is 4.28. The zero-order valence-corrected chi connectivity index (χ0v) is 13.2. The highest BCUT2D eigenvalue weighted by Crippen LogP contribution is 2.37. The fraction of sp³-hybridized carbons (Fsp3) is 0.0714. The van der Waals surface area contributed by atoms with Gasteiger partial charge >= 0.3 is 0 Å². The zero-order valence-electron chi connectivity index (χ0n) is 10.9. The van der Waals surface area contributed by atoms with E-state index in [0.717, 1.165) is 5.56 Å². The second-order valence-corrected chi connectivity index (χ2v) is 5.51. The minimum Gasteiger partial charge on any atom is -0.455 e. The quantitative estimate of drug-likeness (QED) is 0.275. The van der Waals surface area contributed by atoms with Crippen molar-refractivity contribution in [2.75, 3.05) is 0 Å². The number of nitrogens with zero attached hydrogens (tertiary/aromatic N) is 1. The predicted octanol–water partition coefficient (Wildman–Crippen LogP) is 4.84. The van der Waals surface area contributed by atoms with Gasteiger partial charge in [0.25, 0.3) is 0 Å². The van der Waals surface area contributed by atoms with Crippen LogP contribution in [0.1, 0.15) is 11.1 Å². The van der Waals surface area contributed by atoms with Crippen molar-refractivity contribution in [3.63, 3.8) is 0 Å². The summed E-state index contributed by atoms with van der Waals surface area (Å²) < 4.78 is 5.71. The van der Waals surface area contributed by atoms with Gasteiger partial charge in [0, 0.05) is 6.07 Å². The van der Waals surface area contributed by atoms with Crippen molar-refractivity contribution in [3.05, 3.63) is 56.5 Å². The summed E-state index contributed by atoms with van der Waals surface area (Å²) >= 11 is 17.9. The average Bonchev–Trinajstić information content (AvgIpc) is 2.45. The Morgan fingerprint density at radius 2 is 1.71 bits per heavy atom. The van der Waals surface area contributed by atoms with E-state index in [1.165, 1.54) is 12.1 Å². The predicted molar refractivity (Wildman–Crippen MR) is 85.2 cm³/mol. The highest BCUT2D eigenvalue weighted by atomic mass is 35.5. The van der Waals surface area contributed by atoms with Crippen molar-refractivity contribution >= 4 is 40.6 Å². The molecule has 3 N–H and O–H groups in total. The van der Waals surface area contributed by atoms with E-state index >= 15 is 0 Å². The van der Waals surface area contributed by atoms with Crippen LogP contribution in [-0.2, 0) is 0 Å². The van der Waals surface area contributed by atoms with Crippen molar-refractivity contribution in [1.82, 2.24) is 0 Å². The molecule has 0 aromatic heterocycles. The standard InChI is InChI=1S/C14H11Cl3N2O2/c1-7-2-3-12(8(4-7)14(18)19-20)21-13-6-10(16)9(15)5-11(13)17/h2-6,20H,1H3,(H2,18,19). The molecule has 0 spiro atoms. The number of rotatable bonds is 3. The molecule has 110 valence electrons. The number of oxime groups is 1. The SMILES string of the molecule is Cc1ccc(Oc2cc(Cl)c(Cl)cc2Cl)c(/C(N)=N/O)c1. The van der Waals surface area contributed by atoms with Crippen molar-refractivity contribution in [1.29, 1.82) is 0 Å². The van der Waals surface area contributed by atoms with Crippen molar-refractivity contribution in [2.45, 2.75) is 6.92 Å². The Kier molecular flexibility index (Phi) is 4.83. The third-order valence-electron chi connectivity index (χ3n) is 2.71. The highest BCUT2D eigenvalue weighted by molar-refractivity contribution is 6.43. The summed E-state index contributed by atoms with van der Waals surface area (Å²) in [5, 5.41) is 12.8. The minimum absolute atomic E-state index is 0.0649. The second kappa shape index (κ2) is 6.43. The first-order valence-corrected chi connectivity index (χ1v) is 6.96. The van der Waals surface area contributed by atoms with E-state index in [1.54, 1.807) is 12.1 Å². The minimum atomic E-state index is -0.0649. The van der Waals surface area contributed by atoms with Crippen LogP contribution in [0.4, 0.5) is 0 Å². The number of hydrogen-bond donors (Lipinski definition) is 2. The van der Waals surface area contributed by atoms with Crippen molar-refractivity contribution in [3.8, 4) is 11.5 Å². The zero-order chi connectivity index (χ0) is 15.6. The lowest BCUT2D eigenvalue weighted by molar-refractivity contribution is 0.318. The first-order chi connectivity index (χ1) is 9.92. The van der Waals surface area contributed by atoms with Gasteiger partial charge in [0.15, 0.2) is 5.84 Å². The number of nitrogens with two attached hydrogens (primary N) is 1. The molecule has 0 heterocycles. The summed E-state index contributed by atoms with van der Waals surface area (Å²) in [5.74, 6) is 0.642. The van der Waals surface area contributed by atoms with Gasteiger partial charge in [-0.15, -0.1) is 0 Å². The summed E-state index contributed by atoms with van der Waals surface area (Å²) in [5.41, 5.74) is 7.03. The molecule has 0 unspecified atom stereocenters. The molecule has 2 aromatic rings. The largest absolute Gasteiger partial charge is 0.455 e. The van der Waals surface area contributed by atoms with Crippen molar-refractivity contribution in [2.24, 2.45) is 10.9 Å². The first kappa shape index (κ1) is 15.8.